The second-order valence-electron chi connectivity index (χ2n) is 2.35. The second-order valence-corrected chi connectivity index (χ2v) is 4.31. The van der Waals surface area contributed by atoms with Gasteiger partial charge < -0.3 is 0 Å². The van der Waals surface area contributed by atoms with Gasteiger partial charge in [-0.15, -0.1) is 22.7 Å². The van der Waals surface area contributed by atoms with Crippen molar-refractivity contribution in [3.05, 3.63) is 33.2 Å². The Kier molecular flexibility index (Phi) is 2.48. The van der Waals surface area contributed by atoms with E-state index in [-0.39, 0.29) is 0 Å². The SMILES string of the molecule is c1csc(CCc2nccs2)n1. The van der Waals surface area contributed by atoms with E-state index in [0.717, 1.165) is 12.8 Å². The molecule has 4 heteroatoms. The Morgan fingerprint density at radius 3 is 1.75 bits per heavy atom. The van der Waals surface area contributed by atoms with Crippen LogP contribution in [-0.4, -0.2) is 9.97 Å². The number of aromatic nitrogens is 2. The molecule has 0 unspecified atom stereocenters. The predicted molar refractivity (Wildman–Crippen MR) is 51.6 cm³/mol. The molecule has 0 saturated heterocycles. The van der Waals surface area contributed by atoms with Crippen molar-refractivity contribution >= 4 is 22.7 Å². The van der Waals surface area contributed by atoms with Crippen LogP contribution in [0.15, 0.2) is 23.2 Å². The molecule has 0 aliphatic carbocycles. The first-order valence-corrected chi connectivity index (χ1v) is 5.48. The lowest BCUT2D eigenvalue weighted by Gasteiger charge is -1.91. The first-order valence-electron chi connectivity index (χ1n) is 3.72. The summed E-state index contributed by atoms with van der Waals surface area (Å²) in [6.07, 6.45) is 5.74. The Bertz CT molecular complexity index is 278. The molecule has 0 N–H and O–H groups in total. The standard InChI is InChI=1S/C8H8N2S2/c1(7-9-3-5-11-7)2-8-10-4-6-12-8/h3-6H,1-2H2. The highest BCUT2D eigenvalue weighted by atomic mass is 32.1. The van der Waals surface area contributed by atoms with Gasteiger partial charge in [-0.05, 0) is 0 Å². The molecule has 0 aliphatic heterocycles. The van der Waals surface area contributed by atoms with Crippen LogP contribution >= 0.6 is 22.7 Å². The lowest BCUT2D eigenvalue weighted by molar-refractivity contribution is 0.930. The summed E-state index contributed by atoms with van der Waals surface area (Å²) >= 11 is 3.42. The van der Waals surface area contributed by atoms with Crippen LogP contribution in [0.1, 0.15) is 10.0 Å². The van der Waals surface area contributed by atoms with Gasteiger partial charge in [-0.2, -0.15) is 0 Å². The zero-order valence-corrected chi connectivity index (χ0v) is 8.07. The Morgan fingerprint density at radius 2 is 1.42 bits per heavy atom. The summed E-state index contributed by atoms with van der Waals surface area (Å²) in [5, 5.41) is 6.42. The molecule has 2 heterocycles. The van der Waals surface area contributed by atoms with Crippen molar-refractivity contribution in [2.24, 2.45) is 0 Å². The molecule has 0 atom stereocenters. The fourth-order valence-electron chi connectivity index (χ4n) is 0.967. The molecule has 0 fully saturated rings. The number of hydrogen-bond donors (Lipinski definition) is 0. The van der Waals surface area contributed by atoms with E-state index in [1.165, 1.54) is 10.0 Å². The third-order valence-corrected chi connectivity index (χ3v) is 3.20. The van der Waals surface area contributed by atoms with E-state index in [2.05, 4.69) is 9.97 Å². The zero-order chi connectivity index (χ0) is 8.23. The smallest absolute Gasteiger partial charge is 0.0928 e. The number of thiazole rings is 2. The van der Waals surface area contributed by atoms with Gasteiger partial charge in [0.25, 0.3) is 0 Å². The predicted octanol–water partition coefficient (Wildman–Crippen LogP) is 2.38. The molecular formula is C8H8N2S2. The van der Waals surface area contributed by atoms with Crippen molar-refractivity contribution in [1.82, 2.24) is 9.97 Å². The highest BCUT2D eigenvalue weighted by molar-refractivity contribution is 7.10. The Labute approximate surface area is 78.9 Å². The highest BCUT2D eigenvalue weighted by Crippen LogP contribution is 2.11. The largest absolute Gasteiger partial charge is 0.250 e. The minimum absolute atomic E-state index is 1.02. The van der Waals surface area contributed by atoms with Crippen molar-refractivity contribution in [2.75, 3.05) is 0 Å². The van der Waals surface area contributed by atoms with Gasteiger partial charge in [-0.3, -0.25) is 0 Å². The average molecular weight is 196 g/mol. The quantitative estimate of drug-likeness (QED) is 0.753. The van der Waals surface area contributed by atoms with E-state index in [9.17, 15) is 0 Å². The maximum atomic E-state index is 4.21. The van der Waals surface area contributed by atoms with Crippen molar-refractivity contribution in [2.45, 2.75) is 12.8 Å². The lowest BCUT2D eigenvalue weighted by Crippen LogP contribution is -1.88. The van der Waals surface area contributed by atoms with Gasteiger partial charge in [-0.25, -0.2) is 9.97 Å². The minimum Gasteiger partial charge on any atom is -0.250 e. The molecular weight excluding hydrogens is 188 g/mol. The summed E-state index contributed by atoms with van der Waals surface area (Å²) in [4.78, 5) is 8.42. The van der Waals surface area contributed by atoms with Crippen LogP contribution in [0.4, 0.5) is 0 Å². The van der Waals surface area contributed by atoms with Crippen molar-refractivity contribution in [1.29, 1.82) is 0 Å². The molecule has 0 aromatic carbocycles. The summed E-state index contributed by atoms with van der Waals surface area (Å²) in [5.41, 5.74) is 0. The Hall–Kier alpha value is -0.740. The summed E-state index contributed by atoms with van der Waals surface area (Å²) < 4.78 is 0. The van der Waals surface area contributed by atoms with E-state index in [0.29, 0.717) is 0 Å². The first-order chi connectivity index (χ1) is 5.95. The third kappa shape index (κ3) is 1.89. The molecule has 0 spiro atoms. The maximum Gasteiger partial charge on any atom is 0.0928 e. The molecule has 2 aromatic rings. The Morgan fingerprint density at radius 1 is 0.917 bits per heavy atom. The number of hydrogen-bond acceptors (Lipinski definition) is 4. The van der Waals surface area contributed by atoms with Gasteiger partial charge in [0.15, 0.2) is 0 Å². The van der Waals surface area contributed by atoms with Crippen LogP contribution in [0.3, 0.4) is 0 Å². The van der Waals surface area contributed by atoms with E-state index in [1.54, 1.807) is 22.7 Å². The van der Waals surface area contributed by atoms with E-state index in [4.69, 9.17) is 0 Å². The van der Waals surface area contributed by atoms with Crippen molar-refractivity contribution in [3.63, 3.8) is 0 Å². The van der Waals surface area contributed by atoms with Crippen LogP contribution in [0.2, 0.25) is 0 Å². The normalized spacial score (nSPS) is 10.3. The van der Waals surface area contributed by atoms with Crippen molar-refractivity contribution < 1.29 is 0 Å². The van der Waals surface area contributed by atoms with E-state index < -0.39 is 0 Å². The van der Waals surface area contributed by atoms with Crippen LogP contribution in [0.25, 0.3) is 0 Å². The van der Waals surface area contributed by atoms with Gasteiger partial charge in [-0.1, -0.05) is 0 Å². The molecule has 0 aliphatic rings. The fourth-order valence-corrected chi connectivity index (χ4v) is 2.21. The summed E-state index contributed by atoms with van der Waals surface area (Å²) in [7, 11) is 0. The lowest BCUT2D eigenvalue weighted by atomic mass is 10.3. The summed E-state index contributed by atoms with van der Waals surface area (Å²) in [6.45, 7) is 0. The van der Waals surface area contributed by atoms with Crippen LogP contribution in [0.5, 0.6) is 0 Å². The molecule has 0 radical (unpaired) electrons. The van der Waals surface area contributed by atoms with E-state index >= 15 is 0 Å². The molecule has 0 amide bonds. The monoisotopic (exact) mass is 196 g/mol. The summed E-state index contributed by atoms with van der Waals surface area (Å²) in [6, 6.07) is 0. The molecule has 2 rings (SSSR count). The molecule has 2 nitrogen and oxygen atoms in total. The summed E-state index contributed by atoms with van der Waals surface area (Å²) in [5.74, 6) is 0. The molecule has 0 saturated carbocycles. The third-order valence-electron chi connectivity index (χ3n) is 1.52. The Balaban J connectivity index is 1.91. The average Bonchev–Trinajstić information content (AvgIpc) is 2.74. The molecule has 0 bridgehead atoms. The van der Waals surface area contributed by atoms with Gasteiger partial charge in [0, 0.05) is 36.0 Å². The molecule has 12 heavy (non-hydrogen) atoms. The molecule has 62 valence electrons. The first kappa shape index (κ1) is 7.89. The van der Waals surface area contributed by atoms with Gasteiger partial charge in [0.1, 0.15) is 0 Å². The minimum atomic E-state index is 1.02. The van der Waals surface area contributed by atoms with Crippen molar-refractivity contribution in [3.8, 4) is 0 Å². The topological polar surface area (TPSA) is 25.8 Å². The maximum absolute atomic E-state index is 4.21. The molecule has 2 aromatic heterocycles. The van der Waals surface area contributed by atoms with E-state index in [1.807, 2.05) is 23.2 Å². The fraction of sp³-hybridized carbons (Fsp3) is 0.250. The van der Waals surface area contributed by atoms with Gasteiger partial charge >= 0.3 is 0 Å². The van der Waals surface area contributed by atoms with Crippen LogP contribution in [0, 0.1) is 0 Å². The second kappa shape index (κ2) is 3.78. The van der Waals surface area contributed by atoms with Gasteiger partial charge in [0.2, 0.25) is 0 Å². The zero-order valence-electron chi connectivity index (χ0n) is 6.43. The van der Waals surface area contributed by atoms with Crippen LogP contribution < -0.4 is 0 Å². The number of nitrogens with zero attached hydrogens (tertiary/aromatic N) is 2. The van der Waals surface area contributed by atoms with Crippen LogP contribution in [-0.2, 0) is 12.8 Å². The highest BCUT2D eigenvalue weighted by Gasteiger charge is 1.98. The number of aryl methyl sites for hydroxylation is 2. The number of rotatable bonds is 3. The van der Waals surface area contributed by atoms with Gasteiger partial charge in [0.05, 0.1) is 10.0 Å².